The maximum Gasteiger partial charge on any atom is 0.254 e. The summed E-state index contributed by atoms with van der Waals surface area (Å²) in [5.74, 6) is -0.463. The lowest BCUT2D eigenvalue weighted by atomic mass is 10.1. The van der Waals surface area contributed by atoms with Gasteiger partial charge in [0.15, 0.2) is 0 Å². The number of fused-ring (bicyclic) bond motifs is 2. The lowest BCUT2D eigenvalue weighted by Gasteiger charge is -2.25. The summed E-state index contributed by atoms with van der Waals surface area (Å²) in [7, 11) is 0. The lowest BCUT2D eigenvalue weighted by molar-refractivity contribution is 0.100. The molecule has 1 aromatic heterocycles. The Morgan fingerprint density at radius 2 is 2.14 bits per heavy atom. The average Bonchev–Trinajstić information content (AvgIpc) is 3.11. The monoisotopic (exact) mass is 301 g/mol. The number of carbonyl (C=O) groups excluding carboxylic acids is 1. The summed E-state index contributed by atoms with van der Waals surface area (Å²) in [5.41, 5.74) is 12.3. The molecule has 6 nitrogen and oxygen atoms in total. The fourth-order valence-corrected chi connectivity index (χ4v) is 3.16. The predicted molar refractivity (Wildman–Crippen MR) is 80.9 cm³/mol. The standard InChI is InChI=1S/C15H16FN5O/c16-9-7-8(1-2-10(9)17)12-11(13(18)22)14-19-6-5-15(3-4-15)21(14)20-12/h1-2,7,19H,3-6,17H2,(H2,18,22). The number of primary amides is 1. The van der Waals surface area contributed by atoms with Crippen LogP contribution in [0.25, 0.3) is 11.3 Å². The highest BCUT2D eigenvalue weighted by atomic mass is 19.1. The third-order valence-corrected chi connectivity index (χ3v) is 4.56. The van der Waals surface area contributed by atoms with Crippen LogP contribution < -0.4 is 16.8 Å². The van der Waals surface area contributed by atoms with Gasteiger partial charge in [-0.2, -0.15) is 5.10 Å². The van der Waals surface area contributed by atoms with Gasteiger partial charge in [-0.15, -0.1) is 0 Å². The Kier molecular flexibility index (Phi) is 2.52. The third-order valence-electron chi connectivity index (χ3n) is 4.56. The van der Waals surface area contributed by atoms with E-state index in [1.54, 1.807) is 6.07 Å². The molecule has 2 aliphatic rings. The minimum atomic E-state index is -0.571. The van der Waals surface area contributed by atoms with Crippen molar-refractivity contribution in [3.8, 4) is 11.3 Å². The Hall–Kier alpha value is -2.57. The van der Waals surface area contributed by atoms with E-state index in [0.717, 1.165) is 25.8 Å². The zero-order valence-electron chi connectivity index (χ0n) is 11.9. The molecule has 1 aliphatic carbocycles. The van der Waals surface area contributed by atoms with Gasteiger partial charge in [-0.1, -0.05) is 6.07 Å². The Morgan fingerprint density at radius 1 is 1.36 bits per heavy atom. The molecule has 1 aromatic carbocycles. The fraction of sp³-hybridized carbons (Fsp3) is 0.333. The van der Waals surface area contributed by atoms with Gasteiger partial charge in [0, 0.05) is 12.1 Å². The van der Waals surface area contributed by atoms with Crippen LogP contribution in [0.3, 0.4) is 0 Å². The fourth-order valence-electron chi connectivity index (χ4n) is 3.16. The Morgan fingerprint density at radius 3 is 2.77 bits per heavy atom. The molecule has 2 aromatic rings. The first kappa shape index (κ1) is 13.1. The maximum atomic E-state index is 13.8. The second-order valence-corrected chi connectivity index (χ2v) is 5.99. The molecule has 0 atom stereocenters. The van der Waals surface area contributed by atoms with Crippen molar-refractivity contribution in [3.05, 3.63) is 29.6 Å². The van der Waals surface area contributed by atoms with Gasteiger partial charge in [-0.05, 0) is 31.4 Å². The van der Waals surface area contributed by atoms with Crippen molar-refractivity contribution in [1.82, 2.24) is 9.78 Å². The van der Waals surface area contributed by atoms with Gasteiger partial charge in [0.2, 0.25) is 0 Å². The highest BCUT2D eigenvalue weighted by Crippen LogP contribution is 2.51. The summed E-state index contributed by atoms with van der Waals surface area (Å²) in [6.45, 7) is 0.779. The number of nitrogen functional groups attached to an aromatic ring is 1. The molecule has 0 unspecified atom stereocenters. The number of benzene rings is 1. The predicted octanol–water partition coefficient (Wildman–Crippen LogP) is 1.68. The quantitative estimate of drug-likeness (QED) is 0.735. The molecule has 2 heterocycles. The molecule has 1 spiro atoms. The van der Waals surface area contributed by atoms with E-state index < -0.39 is 11.7 Å². The van der Waals surface area contributed by atoms with Gasteiger partial charge >= 0.3 is 0 Å². The minimum Gasteiger partial charge on any atom is -0.396 e. The van der Waals surface area contributed by atoms with Crippen molar-refractivity contribution in [2.24, 2.45) is 5.73 Å². The number of nitrogens with two attached hydrogens (primary N) is 2. The molecule has 7 heteroatoms. The van der Waals surface area contributed by atoms with Crippen LogP contribution in [0.5, 0.6) is 0 Å². The number of nitrogens with one attached hydrogen (secondary N) is 1. The number of aromatic nitrogens is 2. The van der Waals surface area contributed by atoms with Crippen LogP contribution >= 0.6 is 0 Å². The Labute approximate surface area is 126 Å². The van der Waals surface area contributed by atoms with Gasteiger partial charge in [-0.3, -0.25) is 4.79 Å². The van der Waals surface area contributed by atoms with Crippen LogP contribution in [0, 0.1) is 5.82 Å². The smallest absolute Gasteiger partial charge is 0.254 e. The highest BCUT2D eigenvalue weighted by Gasteiger charge is 2.49. The van der Waals surface area contributed by atoms with Crippen LogP contribution in [-0.4, -0.2) is 22.2 Å². The number of nitrogens with zero attached hydrogens (tertiary/aromatic N) is 2. The Bertz CT molecular complexity index is 793. The average molecular weight is 301 g/mol. The van der Waals surface area contributed by atoms with Crippen LogP contribution in [0.1, 0.15) is 29.6 Å². The van der Waals surface area contributed by atoms with E-state index in [-0.39, 0.29) is 11.2 Å². The van der Waals surface area contributed by atoms with Gasteiger partial charge in [0.1, 0.15) is 22.9 Å². The van der Waals surface area contributed by atoms with Gasteiger partial charge in [-0.25, -0.2) is 9.07 Å². The van der Waals surface area contributed by atoms with E-state index in [9.17, 15) is 9.18 Å². The molecule has 22 heavy (non-hydrogen) atoms. The molecule has 0 radical (unpaired) electrons. The van der Waals surface area contributed by atoms with Crippen LogP contribution in [-0.2, 0) is 5.54 Å². The van der Waals surface area contributed by atoms with Crippen LogP contribution in [0.4, 0.5) is 15.9 Å². The third kappa shape index (κ3) is 1.71. The number of rotatable bonds is 2. The first-order valence-corrected chi connectivity index (χ1v) is 7.24. The molecular formula is C15H16FN5O. The molecule has 1 amide bonds. The number of amides is 1. The first-order valence-electron chi connectivity index (χ1n) is 7.24. The summed E-state index contributed by atoms with van der Waals surface area (Å²) in [6.07, 6.45) is 3.05. The van der Waals surface area contributed by atoms with Crippen molar-refractivity contribution in [1.29, 1.82) is 0 Å². The van der Waals surface area contributed by atoms with Gasteiger partial charge < -0.3 is 16.8 Å². The zero-order valence-corrected chi connectivity index (χ0v) is 11.9. The molecule has 1 aliphatic heterocycles. The summed E-state index contributed by atoms with van der Waals surface area (Å²) < 4.78 is 15.6. The molecule has 1 saturated carbocycles. The zero-order chi connectivity index (χ0) is 15.5. The topological polar surface area (TPSA) is 99.0 Å². The van der Waals surface area contributed by atoms with E-state index in [1.165, 1.54) is 12.1 Å². The maximum absolute atomic E-state index is 13.8. The lowest BCUT2D eigenvalue weighted by Crippen LogP contribution is -2.30. The van der Waals surface area contributed by atoms with E-state index >= 15 is 0 Å². The van der Waals surface area contributed by atoms with Crippen molar-refractivity contribution in [2.45, 2.75) is 24.8 Å². The number of hydrogen-bond donors (Lipinski definition) is 3. The second kappa shape index (κ2) is 4.22. The summed E-state index contributed by atoms with van der Waals surface area (Å²) >= 11 is 0. The highest BCUT2D eigenvalue weighted by molar-refractivity contribution is 6.04. The second-order valence-electron chi connectivity index (χ2n) is 5.99. The van der Waals surface area contributed by atoms with Gasteiger partial charge in [0.25, 0.3) is 5.91 Å². The van der Waals surface area contributed by atoms with E-state index in [1.807, 2.05) is 4.68 Å². The first-order chi connectivity index (χ1) is 10.5. The van der Waals surface area contributed by atoms with Crippen molar-refractivity contribution in [2.75, 3.05) is 17.6 Å². The SMILES string of the molecule is NC(=O)c1c(-c2ccc(N)c(F)c2)nn2c1NCCC21CC1. The molecule has 5 N–H and O–H groups in total. The minimum absolute atomic E-state index is 0.00458. The molecular weight excluding hydrogens is 285 g/mol. The van der Waals surface area contributed by atoms with Crippen LogP contribution in [0.2, 0.25) is 0 Å². The molecule has 4 rings (SSSR count). The molecule has 114 valence electrons. The van der Waals surface area contributed by atoms with Gasteiger partial charge in [0.05, 0.1) is 11.2 Å². The molecule has 1 fully saturated rings. The molecule has 0 saturated heterocycles. The number of hydrogen-bond acceptors (Lipinski definition) is 4. The van der Waals surface area contributed by atoms with Crippen LogP contribution in [0.15, 0.2) is 18.2 Å². The Balaban J connectivity index is 1.94. The summed E-state index contributed by atoms with van der Waals surface area (Å²) in [6, 6.07) is 4.41. The van der Waals surface area contributed by atoms with Crippen molar-refractivity contribution in [3.63, 3.8) is 0 Å². The normalized spacial score (nSPS) is 17.9. The number of carbonyl (C=O) groups is 1. The van der Waals surface area contributed by atoms with Crippen molar-refractivity contribution >= 4 is 17.4 Å². The van der Waals surface area contributed by atoms with E-state index in [4.69, 9.17) is 11.5 Å². The van der Waals surface area contributed by atoms with Crippen molar-refractivity contribution < 1.29 is 9.18 Å². The number of anilines is 2. The molecule has 0 bridgehead atoms. The summed E-state index contributed by atoms with van der Waals surface area (Å²) in [4.78, 5) is 11.9. The number of halogens is 1. The summed E-state index contributed by atoms with van der Waals surface area (Å²) in [5, 5.41) is 7.78. The largest absolute Gasteiger partial charge is 0.396 e. The van der Waals surface area contributed by atoms with E-state index in [0.29, 0.717) is 22.6 Å². The van der Waals surface area contributed by atoms with E-state index in [2.05, 4.69) is 10.4 Å².